The second-order valence-electron chi connectivity index (χ2n) is 5.30. The van der Waals surface area contributed by atoms with Crippen molar-refractivity contribution >= 4 is 0 Å². The van der Waals surface area contributed by atoms with Crippen LogP contribution in [-0.4, -0.2) is 0 Å². The van der Waals surface area contributed by atoms with E-state index in [2.05, 4.69) is 26.0 Å². The van der Waals surface area contributed by atoms with Crippen molar-refractivity contribution in [3.8, 4) is 11.1 Å². The molecule has 2 heteroatoms. The quantitative estimate of drug-likeness (QED) is 0.874. The maximum Gasteiger partial charge on any atom is 0.123 e. The summed E-state index contributed by atoms with van der Waals surface area (Å²) in [5, 5.41) is 0. The second-order valence-corrected chi connectivity index (χ2v) is 5.30. The van der Waals surface area contributed by atoms with Gasteiger partial charge in [0, 0.05) is 6.54 Å². The van der Waals surface area contributed by atoms with E-state index in [1.54, 1.807) is 12.1 Å². The van der Waals surface area contributed by atoms with Crippen molar-refractivity contribution in [1.29, 1.82) is 0 Å². The van der Waals surface area contributed by atoms with E-state index in [0.717, 1.165) is 23.1 Å². The van der Waals surface area contributed by atoms with Crippen LogP contribution in [0.4, 0.5) is 4.39 Å². The lowest BCUT2D eigenvalue weighted by atomic mass is 9.96. The predicted octanol–water partition coefficient (Wildman–Crippen LogP) is 4.15. The van der Waals surface area contributed by atoms with E-state index >= 15 is 0 Å². The first-order valence-corrected chi connectivity index (χ1v) is 6.68. The van der Waals surface area contributed by atoms with E-state index in [1.807, 2.05) is 12.1 Å². The number of nitrogens with two attached hydrogens (primary N) is 1. The highest BCUT2D eigenvalue weighted by Gasteiger charge is 2.06. The fourth-order valence-corrected chi connectivity index (χ4v) is 2.29. The van der Waals surface area contributed by atoms with Gasteiger partial charge in [0.1, 0.15) is 5.82 Å². The highest BCUT2D eigenvalue weighted by molar-refractivity contribution is 5.67. The smallest absolute Gasteiger partial charge is 0.123 e. The molecular weight excluding hydrogens is 237 g/mol. The Hall–Kier alpha value is -1.67. The second kappa shape index (κ2) is 5.98. The van der Waals surface area contributed by atoms with E-state index in [0.29, 0.717) is 12.5 Å². The molecule has 2 N–H and O–H groups in total. The van der Waals surface area contributed by atoms with E-state index in [1.165, 1.54) is 11.6 Å². The van der Waals surface area contributed by atoms with Crippen molar-refractivity contribution in [2.24, 2.45) is 11.7 Å². The van der Waals surface area contributed by atoms with Crippen molar-refractivity contribution < 1.29 is 4.39 Å². The van der Waals surface area contributed by atoms with Crippen LogP contribution in [0.1, 0.15) is 25.0 Å². The summed E-state index contributed by atoms with van der Waals surface area (Å²) in [6.45, 7) is 4.82. The van der Waals surface area contributed by atoms with Crippen molar-refractivity contribution in [2.45, 2.75) is 26.8 Å². The Kier molecular flexibility index (Phi) is 4.33. The highest BCUT2D eigenvalue weighted by Crippen LogP contribution is 2.25. The van der Waals surface area contributed by atoms with Crippen LogP contribution < -0.4 is 5.73 Å². The molecule has 2 rings (SSSR count). The molecule has 0 aliphatic carbocycles. The zero-order chi connectivity index (χ0) is 13.8. The van der Waals surface area contributed by atoms with Crippen LogP contribution >= 0.6 is 0 Å². The highest BCUT2D eigenvalue weighted by atomic mass is 19.1. The largest absolute Gasteiger partial charge is 0.326 e. The minimum atomic E-state index is -0.224. The SMILES string of the molecule is CC(C)Cc1ccc(-c2cc(F)ccc2CN)cc1. The summed E-state index contributed by atoms with van der Waals surface area (Å²) in [6.07, 6.45) is 1.06. The molecule has 19 heavy (non-hydrogen) atoms. The first-order chi connectivity index (χ1) is 9.10. The van der Waals surface area contributed by atoms with Gasteiger partial charge in [-0.15, -0.1) is 0 Å². The Morgan fingerprint density at radius 2 is 1.74 bits per heavy atom. The Bertz CT molecular complexity index is 544. The van der Waals surface area contributed by atoms with E-state index in [9.17, 15) is 4.39 Å². The van der Waals surface area contributed by atoms with Crippen LogP contribution in [0, 0.1) is 11.7 Å². The van der Waals surface area contributed by atoms with E-state index in [-0.39, 0.29) is 5.82 Å². The van der Waals surface area contributed by atoms with Crippen LogP contribution in [0.3, 0.4) is 0 Å². The van der Waals surface area contributed by atoms with Crippen molar-refractivity contribution in [2.75, 3.05) is 0 Å². The van der Waals surface area contributed by atoms with Gasteiger partial charge in [-0.25, -0.2) is 4.39 Å². The topological polar surface area (TPSA) is 26.0 Å². The fourth-order valence-electron chi connectivity index (χ4n) is 2.29. The van der Waals surface area contributed by atoms with Crippen LogP contribution in [0.5, 0.6) is 0 Å². The number of hydrogen-bond acceptors (Lipinski definition) is 1. The number of benzene rings is 2. The van der Waals surface area contributed by atoms with Gasteiger partial charge in [-0.05, 0) is 46.7 Å². The van der Waals surface area contributed by atoms with E-state index in [4.69, 9.17) is 5.73 Å². The predicted molar refractivity (Wildman–Crippen MR) is 78.3 cm³/mol. The first kappa shape index (κ1) is 13.8. The number of halogens is 1. The van der Waals surface area contributed by atoms with Gasteiger partial charge in [-0.1, -0.05) is 44.2 Å². The minimum Gasteiger partial charge on any atom is -0.326 e. The number of hydrogen-bond donors (Lipinski definition) is 1. The van der Waals surface area contributed by atoms with Crippen molar-refractivity contribution in [3.63, 3.8) is 0 Å². The van der Waals surface area contributed by atoms with Gasteiger partial charge in [0.2, 0.25) is 0 Å². The zero-order valence-corrected chi connectivity index (χ0v) is 11.5. The van der Waals surface area contributed by atoms with Gasteiger partial charge in [0.05, 0.1) is 0 Å². The maximum atomic E-state index is 13.4. The van der Waals surface area contributed by atoms with Gasteiger partial charge in [0.25, 0.3) is 0 Å². The third-order valence-corrected chi connectivity index (χ3v) is 3.20. The van der Waals surface area contributed by atoms with Crippen molar-refractivity contribution in [1.82, 2.24) is 0 Å². The molecule has 0 unspecified atom stereocenters. The molecule has 0 fully saturated rings. The molecule has 0 saturated carbocycles. The third-order valence-electron chi connectivity index (χ3n) is 3.20. The van der Waals surface area contributed by atoms with Gasteiger partial charge >= 0.3 is 0 Å². The minimum absolute atomic E-state index is 0.224. The molecule has 0 heterocycles. The fraction of sp³-hybridized carbons (Fsp3) is 0.294. The molecule has 2 aromatic carbocycles. The Balaban J connectivity index is 2.34. The molecular formula is C17H20FN. The summed E-state index contributed by atoms with van der Waals surface area (Å²) >= 11 is 0. The molecule has 0 aliphatic heterocycles. The Labute approximate surface area is 114 Å². The lowest BCUT2D eigenvalue weighted by Crippen LogP contribution is -2.00. The molecule has 0 atom stereocenters. The molecule has 0 bridgehead atoms. The summed E-state index contributed by atoms with van der Waals surface area (Å²) in [5.74, 6) is 0.415. The summed E-state index contributed by atoms with van der Waals surface area (Å²) in [4.78, 5) is 0. The monoisotopic (exact) mass is 257 g/mol. The molecule has 1 nitrogen and oxygen atoms in total. The third kappa shape index (κ3) is 3.42. The van der Waals surface area contributed by atoms with Crippen LogP contribution in [-0.2, 0) is 13.0 Å². The molecule has 0 aromatic heterocycles. The van der Waals surface area contributed by atoms with Crippen LogP contribution in [0.2, 0.25) is 0 Å². The standard InChI is InChI=1S/C17H20FN/c1-12(2)9-13-3-5-14(6-4-13)17-10-16(18)8-7-15(17)11-19/h3-8,10,12H,9,11,19H2,1-2H3. The Morgan fingerprint density at radius 1 is 1.05 bits per heavy atom. The average molecular weight is 257 g/mol. The molecule has 0 radical (unpaired) electrons. The zero-order valence-electron chi connectivity index (χ0n) is 11.5. The van der Waals surface area contributed by atoms with Crippen molar-refractivity contribution in [3.05, 3.63) is 59.4 Å². The van der Waals surface area contributed by atoms with Gasteiger partial charge in [0.15, 0.2) is 0 Å². The summed E-state index contributed by atoms with van der Waals surface area (Å²) in [7, 11) is 0. The maximum absolute atomic E-state index is 13.4. The molecule has 0 saturated heterocycles. The summed E-state index contributed by atoms with van der Waals surface area (Å²) < 4.78 is 13.4. The lowest BCUT2D eigenvalue weighted by Gasteiger charge is -2.10. The molecule has 0 aliphatic rings. The molecule has 0 amide bonds. The van der Waals surface area contributed by atoms with Crippen LogP contribution in [0.15, 0.2) is 42.5 Å². The molecule has 0 spiro atoms. The lowest BCUT2D eigenvalue weighted by molar-refractivity contribution is 0.627. The molecule has 100 valence electrons. The first-order valence-electron chi connectivity index (χ1n) is 6.68. The average Bonchev–Trinajstić information content (AvgIpc) is 2.39. The van der Waals surface area contributed by atoms with E-state index < -0.39 is 0 Å². The summed E-state index contributed by atoms with van der Waals surface area (Å²) in [5.41, 5.74) is 9.90. The van der Waals surface area contributed by atoms with Gasteiger partial charge in [-0.3, -0.25) is 0 Å². The molecule has 2 aromatic rings. The van der Waals surface area contributed by atoms with Gasteiger partial charge < -0.3 is 5.73 Å². The Morgan fingerprint density at radius 3 is 2.32 bits per heavy atom. The normalized spacial score (nSPS) is 11.0. The van der Waals surface area contributed by atoms with Gasteiger partial charge in [-0.2, -0.15) is 0 Å². The number of rotatable bonds is 4. The van der Waals surface area contributed by atoms with Crippen LogP contribution in [0.25, 0.3) is 11.1 Å². The summed E-state index contributed by atoms with van der Waals surface area (Å²) in [6, 6.07) is 13.1.